The minimum atomic E-state index is -0.358. The number of tetrazole rings is 1. The lowest BCUT2D eigenvalue weighted by atomic mass is 10.2. The Morgan fingerprint density at radius 3 is 2.30 bits per heavy atom. The summed E-state index contributed by atoms with van der Waals surface area (Å²) >= 11 is 0. The first-order valence-corrected chi connectivity index (χ1v) is 10.6. The van der Waals surface area contributed by atoms with Crippen molar-refractivity contribution in [3.63, 3.8) is 0 Å². The van der Waals surface area contributed by atoms with E-state index in [2.05, 4.69) is 35.5 Å². The fourth-order valence-corrected chi connectivity index (χ4v) is 4.01. The van der Waals surface area contributed by atoms with E-state index in [1.165, 1.54) is 6.07 Å². The molecule has 6 rings (SSSR count). The van der Waals surface area contributed by atoms with Crippen molar-refractivity contribution in [2.24, 2.45) is 0 Å². The highest BCUT2D eigenvalue weighted by molar-refractivity contribution is 5.60. The van der Waals surface area contributed by atoms with Crippen LogP contribution in [0.5, 0.6) is 0 Å². The summed E-state index contributed by atoms with van der Waals surface area (Å²) < 4.78 is 17.7. The Morgan fingerprint density at radius 2 is 1.48 bits per heavy atom. The second-order valence-electron chi connectivity index (χ2n) is 7.67. The largest absolute Gasteiger partial charge is 0.352 e. The van der Waals surface area contributed by atoms with Crippen molar-refractivity contribution in [2.75, 3.05) is 36.0 Å². The molecule has 5 aromatic rings. The lowest BCUT2D eigenvalue weighted by molar-refractivity contribution is 0.621. The monoisotopic (exact) mass is 442 g/mol. The lowest BCUT2D eigenvalue weighted by Gasteiger charge is -2.35. The molecule has 0 amide bonds. The molecule has 0 N–H and O–H groups in total. The molecule has 0 spiro atoms. The first kappa shape index (κ1) is 19.3. The van der Waals surface area contributed by atoms with Gasteiger partial charge in [0.25, 0.3) is 0 Å². The Balaban J connectivity index is 1.24. The van der Waals surface area contributed by atoms with Gasteiger partial charge in [-0.3, -0.25) is 0 Å². The second kappa shape index (κ2) is 7.93. The average Bonchev–Trinajstić information content (AvgIpc) is 3.52. The number of hydrogen-bond acceptors (Lipinski definition) is 8. The average molecular weight is 442 g/mol. The fourth-order valence-electron chi connectivity index (χ4n) is 4.01. The summed E-state index contributed by atoms with van der Waals surface area (Å²) in [7, 11) is 0. The number of para-hydroxylation sites is 1. The molecule has 1 aliphatic rings. The maximum absolute atomic E-state index is 14.3. The molecule has 33 heavy (non-hydrogen) atoms. The van der Waals surface area contributed by atoms with E-state index < -0.39 is 0 Å². The summed E-state index contributed by atoms with van der Waals surface area (Å²) in [6.45, 7) is 2.93. The van der Waals surface area contributed by atoms with Gasteiger partial charge in [0.1, 0.15) is 11.6 Å². The number of anilines is 2. The van der Waals surface area contributed by atoms with Crippen molar-refractivity contribution in [1.29, 1.82) is 0 Å². The maximum atomic E-state index is 14.3. The van der Waals surface area contributed by atoms with Crippen molar-refractivity contribution >= 4 is 17.4 Å². The Hall–Kier alpha value is -4.41. The molecule has 2 aromatic carbocycles. The van der Waals surface area contributed by atoms with Crippen LogP contribution in [0, 0.1) is 5.82 Å². The molecule has 0 aliphatic carbocycles. The van der Waals surface area contributed by atoms with Gasteiger partial charge in [-0.15, -0.1) is 15.3 Å². The first-order valence-electron chi connectivity index (χ1n) is 10.6. The van der Waals surface area contributed by atoms with Crippen molar-refractivity contribution in [2.45, 2.75) is 0 Å². The van der Waals surface area contributed by atoms with Gasteiger partial charge in [0.05, 0.1) is 11.3 Å². The van der Waals surface area contributed by atoms with E-state index >= 15 is 0 Å². The summed E-state index contributed by atoms with van der Waals surface area (Å²) in [6, 6.07) is 20.1. The van der Waals surface area contributed by atoms with Crippen LogP contribution < -0.4 is 9.80 Å². The summed E-state index contributed by atoms with van der Waals surface area (Å²) in [4.78, 5) is 4.34. The molecule has 3 aromatic heterocycles. The Morgan fingerprint density at radius 1 is 0.727 bits per heavy atom. The third-order valence-corrected chi connectivity index (χ3v) is 5.70. The van der Waals surface area contributed by atoms with Crippen molar-refractivity contribution in [3.05, 3.63) is 72.5 Å². The lowest BCUT2D eigenvalue weighted by Crippen LogP contribution is -2.47. The van der Waals surface area contributed by atoms with Crippen molar-refractivity contribution in [1.82, 2.24) is 40.0 Å². The molecule has 1 fully saturated rings. The fraction of sp³-hybridized carbons (Fsp3) is 0.182. The van der Waals surface area contributed by atoms with E-state index in [1.54, 1.807) is 27.4 Å². The second-order valence-corrected chi connectivity index (χ2v) is 7.67. The number of aromatic nitrogens is 8. The predicted octanol–water partition coefficient (Wildman–Crippen LogP) is 2.23. The van der Waals surface area contributed by atoms with E-state index in [0.717, 1.165) is 37.7 Å². The number of halogens is 1. The highest BCUT2D eigenvalue weighted by Crippen LogP contribution is 2.23. The van der Waals surface area contributed by atoms with Gasteiger partial charge in [-0.05, 0) is 46.8 Å². The third kappa shape index (κ3) is 3.43. The third-order valence-electron chi connectivity index (χ3n) is 5.70. The molecular formula is C22H19FN10. The topological polar surface area (TPSA) is 93.2 Å². The standard InChI is InChI=1S/C22H19FN10/c23-18-9-5-4-8-17(18)21-25-24-19-10-11-20(27-33(19)21)30-12-14-31(15-13-30)22-26-28-29-32(22)16-6-2-1-3-7-16/h1-11H,12-15H2. The summed E-state index contributed by atoms with van der Waals surface area (Å²) in [6.07, 6.45) is 0. The van der Waals surface area contributed by atoms with Crippen LogP contribution in [0.2, 0.25) is 0 Å². The number of rotatable bonds is 4. The summed E-state index contributed by atoms with van der Waals surface area (Å²) in [5.41, 5.74) is 1.85. The van der Waals surface area contributed by atoms with Crippen LogP contribution in [0.1, 0.15) is 0 Å². The molecule has 0 atom stereocenters. The normalized spacial score (nSPS) is 14.2. The Labute approximate surface area is 187 Å². The van der Waals surface area contributed by atoms with Gasteiger partial charge >= 0.3 is 0 Å². The SMILES string of the molecule is Fc1ccccc1-c1nnc2ccc(N3CCN(c4nnnn4-c4ccccc4)CC3)nn12. The van der Waals surface area contributed by atoms with Crippen LogP contribution in [0.4, 0.5) is 16.2 Å². The summed E-state index contributed by atoms with van der Waals surface area (Å²) in [5.74, 6) is 1.52. The highest BCUT2D eigenvalue weighted by Gasteiger charge is 2.24. The van der Waals surface area contributed by atoms with Crippen LogP contribution in [0.25, 0.3) is 22.7 Å². The number of fused-ring (bicyclic) bond motifs is 1. The molecule has 0 saturated carbocycles. The molecule has 0 bridgehead atoms. The van der Waals surface area contributed by atoms with E-state index in [0.29, 0.717) is 23.0 Å². The van der Waals surface area contributed by atoms with Gasteiger partial charge in [-0.25, -0.2) is 4.39 Å². The van der Waals surface area contributed by atoms with Gasteiger partial charge in [0.2, 0.25) is 5.95 Å². The zero-order valence-corrected chi connectivity index (χ0v) is 17.5. The van der Waals surface area contributed by atoms with Crippen LogP contribution in [-0.2, 0) is 0 Å². The molecule has 11 heteroatoms. The number of nitrogens with zero attached hydrogens (tertiary/aromatic N) is 10. The van der Waals surface area contributed by atoms with Gasteiger partial charge < -0.3 is 9.80 Å². The smallest absolute Gasteiger partial charge is 0.250 e. The maximum Gasteiger partial charge on any atom is 0.250 e. The highest BCUT2D eigenvalue weighted by atomic mass is 19.1. The molecule has 164 valence electrons. The van der Waals surface area contributed by atoms with Crippen LogP contribution in [0.15, 0.2) is 66.7 Å². The van der Waals surface area contributed by atoms with E-state index in [1.807, 2.05) is 42.5 Å². The minimum Gasteiger partial charge on any atom is -0.352 e. The zero-order chi connectivity index (χ0) is 22.2. The minimum absolute atomic E-state index is 0.358. The Bertz CT molecular complexity index is 1410. The van der Waals surface area contributed by atoms with Gasteiger partial charge in [-0.1, -0.05) is 35.4 Å². The van der Waals surface area contributed by atoms with Gasteiger partial charge in [0.15, 0.2) is 11.5 Å². The van der Waals surface area contributed by atoms with Gasteiger partial charge in [-0.2, -0.15) is 9.20 Å². The number of benzene rings is 2. The molecule has 10 nitrogen and oxygen atoms in total. The first-order chi connectivity index (χ1) is 16.3. The predicted molar refractivity (Wildman–Crippen MR) is 120 cm³/mol. The number of piperazine rings is 1. The Kier molecular flexibility index (Phi) is 4.64. The quantitative estimate of drug-likeness (QED) is 0.418. The molecule has 0 radical (unpaired) electrons. The molecule has 1 aliphatic heterocycles. The van der Waals surface area contributed by atoms with E-state index in [9.17, 15) is 4.39 Å². The van der Waals surface area contributed by atoms with E-state index in [-0.39, 0.29) is 5.82 Å². The zero-order valence-electron chi connectivity index (χ0n) is 17.5. The van der Waals surface area contributed by atoms with Crippen LogP contribution in [0.3, 0.4) is 0 Å². The molecule has 1 saturated heterocycles. The van der Waals surface area contributed by atoms with Crippen LogP contribution in [-0.4, -0.2) is 66.2 Å². The molecule has 0 unspecified atom stereocenters. The van der Waals surface area contributed by atoms with Crippen molar-refractivity contribution in [3.8, 4) is 17.1 Å². The number of hydrogen-bond donors (Lipinski definition) is 0. The van der Waals surface area contributed by atoms with E-state index in [4.69, 9.17) is 5.10 Å². The van der Waals surface area contributed by atoms with Crippen molar-refractivity contribution < 1.29 is 4.39 Å². The van der Waals surface area contributed by atoms with Gasteiger partial charge in [0, 0.05) is 26.2 Å². The van der Waals surface area contributed by atoms with Crippen LogP contribution >= 0.6 is 0 Å². The molecular weight excluding hydrogens is 423 g/mol. The molecule has 4 heterocycles. The summed E-state index contributed by atoms with van der Waals surface area (Å²) in [5, 5.41) is 25.3.